The van der Waals surface area contributed by atoms with Crippen molar-refractivity contribution >= 4 is 39.0 Å². The third kappa shape index (κ3) is 4.65. The highest BCUT2D eigenvalue weighted by molar-refractivity contribution is 9.10. The van der Waals surface area contributed by atoms with Gasteiger partial charge in [-0.05, 0) is 34.7 Å². The molecule has 0 fully saturated rings. The second-order valence-corrected chi connectivity index (χ2v) is 6.77. The molecule has 0 bridgehead atoms. The van der Waals surface area contributed by atoms with E-state index in [0.29, 0.717) is 6.04 Å². The van der Waals surface area contributed by atoms with E-state index >= 15 is 0 Å². The molecule has 1 aromatic heterocycles. The van der Waals surface area contributed by atoms with Crippen LogP contribution in [0.4, 0.5) is 0 Å². The van der Waals surface area contributed by atoms with Gasteiger partial charge in [0.25, 0.3) is 0 Å². The Morgan fingerprint density at radius 2 is 2.38 bits per heavy atom. The molecule has 1 aromatic rings. The molecule has 0 amide bonds. The molecule has 0 aliphatic rings. The predicted molar refractivity (Wildman–Crippen MR) is 77.9 cm³/mol. The Labute approximate surface area is 114 Å². The molecule has 0 saturated heterocycles. The fraction of sp³-hybridized carbons (Fsp3) is 0.636. The third-order valence-electron chi connectivity index (χ3n) is 2.09. The van der Waals surface area contributed by atoms with Crippen molar-refractivity contribution in [3.63, 3.8) is 0 Å². The zero-order valence-corrected chi connectivity index (χ0v) is 13.1. The summed E-state index contributed by atoms with van der Waals surface area (Å²) in [6.45, 7) is 5.33. The number of methoxy groups -OCH3 is 1. The van der Waals surface area contributed by atoms with Crippen molar-refractivity contribution in [2.24, 2.45) is 0 Å². The van der Waals surface area contributed by atoms with Gasteiger partial charge in [0.05, 0.1) is 11.6 Å². The van der Waals surface area contributed by atoms with Crippen molar-refractivity contribution < 1.29 is 4.74 Å². The maximum atomic E-state index is 5.24. The first kappa shape index (κ1) is 14.4. The van der Waals surface area contributed by atoms with Crippen LogP contribution < -0.4 is 10.1 Å². The minimum Gasteiger partial charge on any atom is -0.486 e. The minimum absolute atomic E-state index is 0.553. The van der Waals surface area contributed by atoms with E-state index < -0.39 is 0 Å². The molecule has 1 rings (SSSR count). The maximum absolute atomic E-state index is 5.24. The molecule has 0 radical (unpaired) electrons. The number of thioether (sulfide) groups is 1. The fourth-order valence-corrected chi connectivity index (χ4v) is 3.60. The summed E-state index contributed by atoms with van der Waals surface area (Å²) in [5, 5.41) is 4.46. The molecular weight excluding hydrogens is 306 g/mol. The van der Waals surface area contributed by atoms with Crippen molar-refractivity contribution in [1.29, 1.82) is 0 Å². The molecular formula is C11H18BrNOS2. The minimum atomic E-state index is 0.553. The molecule has 1 N–H and O–H groups in total. The molecule has 1 atom stereocenters. The molecule has 92 valence electrons. The first-order valence-electron chi connectivity index (χ1n) is 5.30. The summed E-state index contributed by atoms with van der Waals surface area (Å²) in [7, 11) is 1.70. The fourth-order valence-electron chi connectivity index (χ4n) is 1.25. The van der Waals surface area contributed by atoms with Crippen molar-refractivity contribution in [3.8, 4) is 5.06 Å². The van der Waals surface area contributed by atoms with E-state index in [9.17, 15) is 0 Å². The van der Waals surface area contributed by atoms with E-state index in [1.807, 2.05) is 11.8 Å². The van der Waals surface area contributed by atoms with Gasteiger partial charge in [0.15, 0.2) is 5.06 Å². The summed E-state index contributed by atoms with van der Waals surface area (Å²) in [6, 6.07) is 2.67. The van der Waals surface area contributed by atoms with Gasteiger partial charge in [0.2, 0.25) is 0 Å². The van der Waals surface area contributed by atoms with E-state index in [1.165, 1.54) is 16.4 Å². The van der Waals surface area contributed by atoms with Crippen LogP contribution in [0.1, 0.15) is 18.7 Å². The number of thiophene rings is 1. The van der Waals surface area contributed by atoms with E-state index in [2.05, 4.69) is 41.2 Å². The topological polar surface area (TPSA) is 21.3 Å². The third-order valence-corrected chi connectivity index (χ3v) is 5.18. The Morgan fingerprint density at radius 1 is 1.62 bits per heavy atom. The predicted octanol–water partition coefficient (Wildman–Crippen LogP) is 3.75. The lowest BCUT2D eigenvalue weighted by Gasteiger charge is -2.11. The van der Waals surface area contributed by atoms with Gasteiger partial charge in [-0.1, -0.05) is 6.92 Å². The first-order valence-corrected chi connectivity index (χ1v) is 8.07. The molecule has 0 saturated carbocycles. The van der Waals surface area contributed by atoms with Crippen LogP contribution in [0.2, 0.25) is 0 Å². The summed E-state index contributed by atoms with van der Waals surface area (Å²) in [5.74, 6) is 2.35. The van der Waals surface area contributed by atoms with Crippen LogP contribution in [-0.4, -0.2) is 24.7 Å². The lowest BCUT2D eigenvalue weighted by molar-refractivity contribution is 0.425. The average Bonchev–Trinajstić information content (AvgIpc) is 2.64. The van der Waals surface area contributed by atoms with E-state index in [1.54, 1.807) is 18.4 Å². The smallest absolute Gasteiger partial charge is 0.188 e. The van der Waals surface area contributed by atoms with Crippen LogP contribution >= 0.6 is 39.0 Å². The van der Waals surface area contributed by atoms with Crippen LogP contribution in [0.15, 0.2) is 10.5 Å². The average molecular weight is 324 g/mol. The van der Waals surface area contributed by atoms with Crippen LogP contribution in [-0.2, 0) is 6.54 Å². The van der Waals surface area contributed by atoms with Gasteiger partial charge in [-0.3, -0.25) is 0 Å². The molecule has 1 unspecified atom stereocenters. The van der Waals surface area contributed by atoms with Crippen LogP contribution in [0.5, 0.6) is 5.06 Å². The summed E-state index contributed by atoms with van der Waals surface area (Å²) in [4.78, 5) is 1.30. The van der Waals surface area contributed by atoms with Crippen molar-refractivity contribution in [1.82, 2.24) is 5.32 Å². The Morgan fingerprint density at radius 3 is 2.94 bits per heavy atom. The Kier molecular flexibility index (Phi) is 6.80. The highest BCUT2D eigenvalue weighted by Gasteiger charge is 2.08. The van der Waals surface area contributed by atoms with Gasteiger partial charge >= 0.3 is 0 Å². The Bertz CT molecular complexity index is 317. The zero-order valence-electron chi connectivity index (χ0n) is 9.88. The SMILES string of the molecule is CCSCC(C)NCc1cc(Br)c(OC)s1. The maximum Gasteiger partial charge on any atom is 0.188 e. The lowest BCUT2D eigenvalue weighted by Crippen LogP contribution is -2.27. The van der Waals surface area contributed by atoms with E-state index in [-0.39, 0.29) is 0 Å². The molecule has 0 aliphatic carbocycles. The number of rotatable bonds is 7. The van der Waals surface area contributed by atoms with Gasteiger partial charge in [-0.25, -0.2) is 0 Å². The first-order chi connectivity index (χ1) is 7.67. The standard InChI is InChI=1S/C11H18BrNOS2/c1-4-15-7-8(2)13-6-9-5-10(12)11(14-3)16-9/h5,8,13H,4,6-7H2,1-3H3. The van der Waals surface area contributed by atoms with Crippen molar-refractivity contribution in [3.05, 3.63) is 15.4 Å². The number of ether oxygens (including phenoxy) is 1. The number of halogens is 1. The van der Waals surface area contributed by atoms with Gasteiger partial charge in [-0.15, -0.1) is 11.3 Å². The summed E-state index contributed by atoms with van der Waals surface area (Å²) >= 11 is 7.14. The zero-order chi connectivity index (χ0) is 12.0. The largest absolute Gasteiger partial charge is 0.486 e. The van der Waals surface area contributed by atoms with Gasteiger partial charge < -0.3 is 10.1 Å². The second-order valence-electron chi connectivity index (χ2n) is 3.49. The molecule has 0 aromatic carbocycles. The molecule has 2 nitrogen and oxygen atoms in total. The summed E-state index contributed by atoms with van der Waals surface area (Å²) in [6.07, 6.45) is 0. The molecule has 1 heterocycles. The number of nitrogens with one attached hydrogen (secondary N) is 1. The van der Waals surface area contributed by atoms with E-state index in [0.717, 1.165) is 16.1 Å². The Balaban J connectivity index is 2.36. The number of hydrogen-bond acceptors (Lipinski definition) is 4. The summed E-state index contributed by atoms with van der Waals surface area (Å²) in [5.41, 5.74) is 0. The quantitative estimate of drug-likeness (QED) is 0.825. The van der Waals surface area contributed by atoms with Gasteiger partial charge in [0.1, 0.15) is 0 Å². The van der Waals surface area contributed by atoms with Crippen molar-refractivity contribution in [2.75, 3.05) is 18.6 Å². The normalized spacial score (nSPS) is 12.8. The van der Waals surface area contributed by atoms with Crippen molar-refractivity contribution in [2.45, 2.75) is 26.4 Å². The second kappa shape index (κ2) is 7.58. The van der Waals surface area contributed by atoms with Crippen LogP contribution in [0, 0.1) is 0 Å². The number of hydrogen-bond donors (Lipinski definition) is 1. The highest BCUT2D eigenvalue weighted by Crippen LogP contribution is 2.34. The summed E-state index contributed by atoms with van der Waals surface area (Å²) < 4.78 is 6.29. The molecule has 0 aliphatic heterocycles. The van der Waals surface area contributed by atoms with Gasteiger partial charge in [0, 0.05) is 23.2 Å². The highest BCUT2D eigenvalue weighted by atomic mass is 79.9. The Hall–Kier alpha value is 0.290. The van der Waals surface area contributed by atoms with Crippen LogP contribution in [0.3, 0.4) is 0 Å². The molecule has 16 heavy (non-hydrogen) atoms. The van der Waals surface area contributed by atoms with Crippen LogP contribution in [0.25, 0.3) is 0 Å². The molecule has 0 spiro atoms. The lowest BCUT2D eigenvalue weighted by atomic mass is 10.3. The molecule has 5 heteroatoms. The van der Waals surface area contributed by atoms with Gasteiger partial charge in [-0.2, -0.15) is 11.8 Å². The van der Waals surface area contributed by atoms with E-state index in [4.69, 9.17) is 4.74 Å². The monoisotopic (exact) mass is 323 g/mol.